The average molecular weight is 382 g/mol. The fraction of sp³-hybridized carbons (Fsp3) is 0.154. The molecule has 0 bridgehead atoms. The largest absolute Gasteiger partial charge is 0.381 e. The minimum absolute atomic E-state index is 0.160. The molecular formula is C13H12BrN5O2S. The first-order valence-electron chi connectivity index (χ1n) is 6.45. The first kappa shape index (κ1) is 14.9. The van der Waals surface area contributed by atoms with Gasteiger partial charge in [-0.3, -0.25) is 0 Å². The van der Waals surface area contributed by atoms with E-state index in [-0.39, 0.29) is 23.9 Å². The van der Waals surface area contributed by atoms with Gasteiger partial charge in [-0.05, 0) is 22.9 Å². The van der Waals surface area contributed by atoms with Gasteiger partial charge in [-0.15, -0.1) is 4.40 Å². The third kappa shape index (κ3) is 2.35. The van der Waals surface area contributed by atoms with E-state index in [9.17, 15) is 8.42 Å². The SMILES string of the molecule is CCN1c2nc(-c3ccccc3)c(Br)nc2C(N)=NS1(=O)=O. The normalized spacial score (nSPS) is 16.1. The first-order valence-corrected chi connectivity index (χ1v) is 8.64. The fourth-order valence-electron chi connectivity index (χ4n) is 2.17. The van der Waals surface area contributed by atoms with Crippen molar-refractivity contribution in [1.29, 1.82) is 0 Å². The molecule has 0 aliphatic carbocycles. The van der Waals surface area contributed by atoms with Crippen LogP contribution in [0.15, 0.2) is 39.3 Å². The second-order valence-electron chi connectivity index (χ2n) is 4.52. The van der Waals surface area contributed by atoms with Crippen LogP contribution in [0, 0.1) is 0 Å². The molecule has 0 radical (unpaired) electrons. The van der Waals surface area contributed by atoms with E-state index >= 15 is 0 Å². The lowest BCUT2D eigenvalue weighted by molar-refractivity contribution is 0.592. The lowest BCUT2D eigenvalue weighted by atomic mass is 10.1. The summed E-state index contributed by atoms with van der Waals surface area (Å²) >= 11 is 3.36. The van der Waals surface area contributed by atoms with Crippen LogP contribution in [-0.2, 0) is 10.2 Å². The molecule has 1 aromatic carbocycles. The molecule has 0 amide bonds. The van der Waals surface area contributed by atoms with Crippen molar-refractivity contribution in [2.45, 2.75) is 6.92 Å². The molecule has 2 aromatic rings. The minimum Gasteiger partial charge on any atom is -0.381 e. The van der Waals surface area contributed by atoms with E-state index in [1.165, 1.54) is 0 Å². The summed E-state index contributed by atoms with van der Waals surface area (Å²) in [6.07, 6.45) is 0. The van der Waals surface area contributed by atoms with Crippen LogP contribution < -0.4 is 10.0 Å². The number of nitrogens with two attached hydrogens (primary N) is 1. The summed E-state index contributed by atoms with van der Waals surface area (Å²) in [5, 5.41) is 0. The minimum atomic E-state index is -3.87. The van der Waals surface area contributed by atoms with E-state index in [0.29, 0.717) is 10.3 Å². The maximum Gasteiger partial charge on any atom is 0.347 e. The van der Waals surface area contributed by atoms with Gasteiger partial charge in [0.05, 0.1) is 0 Å². The van der Waals surface area contributed by atoms with E-state index in [1.807, 2.05) is 30.3 Å². The standard InChI is InChI=1S/C13H12BrN5O2S/c1-2-19-13-10(12(15)18-22(19,20)21)16-11(14)9(17-13)8-6-4-3-5-7-8/h3-7H,2H2,1H3,(H2,15,18). The molecule has 0 spiro atoms. The summed E-state index contributed by atoms with van der Waals surface area (Å²) in [6.45, 7) is 1.89. The Morgan fingerprint density at radius 2 is 1.86 bits per heavy atom. The van der Waals surface area contributed by atoms with E-state index in [2.05, 4.69) is 30.3 Å². The summed E-state index contributed by atoms with van der Waals surface area (Å²) < 4.78 is 29.3. The smallest absolute Gasteiger partial charge is 0.347 e. The van der Waals surface area contributed by atoms with Crippen molar-refractivity contribution in [2.75, 3.05) is 10.8 Å². The van der Waals surface area contributed by atoms with Crippen molar-refractivity contribution >= 4 is 37.8 Å². The van der Waals surface area contributed by atoms with E-state index in [4.69, 9.17) is 5.73 Å². The van der Waals surface area contributed by atoms with Gasteiger partial charge in [0.25, 0.3) is 0 Å². The number of hydrogen-bond donors (Lipinski definition) is 1. The van der Waals surface area contributed by atoms with Gasteiger partial charge >= 0.3 is 10.2 Å². The molecule has 2 N–H and O–H groups in total. The number of nitrogens with zero attached hydrogens (tertiary/aromatic N) is 4. The zero-order chi connectivity index (χ0) is 15.9. The first-order chi connectivity index (χ1) is 10.4. The molecule has 3 rings (SSSR count). The molecule has 9 heteroatoms. The Bertz CT molecular complexity index is 867. The van der Waals surface area contributed by atoms with E-state index in [0.717, 1.165) is 9.87 Å². The highest BCUT2D eigenvalue weighted by Gasteiger charge is 2.33. The van der Waals surface area contributed by atoms with Crippen molar-refractivity contribution in [3.8, 4) is 11.3 Å². The van der Waals surface area contributed by atoms with Gasteiger partial charge in [-0.1, -0.05) is 30.3 Å². The predicted octanol–water partition coefficient (Wildman–Crippen LogP) is 1.70. The van der Waals surface area contributed by atoms with Crippen LogP contribution in [-0.4, -0.2) is 30.8 Å². The van der Waals surface area contributed by atoms with Gasteiger partial charge < -0.3 is 5.73 Å². The zero-order valence-corrected chi connectivity index (χ0v) is 14.0. The van der Waals surface area contributed by atoms with Crippen molar-refractivity contribution in [3.63, 3.8) is 0 Å². The van der Waals surface area contributed by atoms with Gasteiger partial charge in [0.15, 0.2) is 17.3 Å². The topological polar surface area (TPSA) is 102 Å². The molecule has 7 nitrogen and oxygen atoms in total. The van der Waals surface area contributed by atoms with Crippen LogP contribution in [0.4, 0.5) is 5.82 Å². The van der Waals surface area contributed by atoms with Gasteiger partial charge in [0.2, 0.25) is 0 Å². The number of halogens is 1. The molecular weight excluding hydrogens is 370 g/mol. The van der Waals surface area contributed by atoms with Crippen LogP contribution in [0.25, 0.3) is 11.3 Å². The molecule has 22 heavy (non-hydrogen) atoms. The second kappa shape index (κ2) is 5.33. The Kier molecular flexibility index (Phi) is 3.61. The fourth-order valence-corrected chi connectivity index (χ4v) is 3.77. The summed E-state index contributed by atoms with van der Waals surface area (Å²) in [5.74, 6) is 0.0320. The highest BCUT2D eigenvalue weighted by Crippen LogP contribution is 2.32. The Labute approximate surface area is 136 Å². The highest BCUT2D eigenvalue weighted by molar-refractivity contribution is 9.10. The Morgan fingerprint density at radius 3 is 2.50 bits per heavy atom. The third-order valence-electron chi connectivity index (χ3n) is 3.14. The Morgan fingerprint density at radius 1 is 1.18 bits per heavy atom. The molecule has 0 saturated carbocycles. The summed E-state index contributed by atoms with van der Waals surface area (Å²) in [5.41, 5.74) is 7.33. The zero-order valence-electron chi connectivity index (χ0n) is 11.6. The van der Waals surface area contributed by atoms with Crippen LogP contribution >= 0.6 is 15.9 Å². The van der Waals surface area contributed by atoms with Gasteiger partial charge in [0.1, 0.15) is 10.3 Å². The molecule has 0 atom stereocenters. The third-order valence-corrected chi connectivity index (χ3v) is 5.11. The number of fused-ring (bicyclic) bond motifs is 1. The maximum atomic E-state index is 12.1. The van der Waals surface area contributed by atoms with Crippen molar-refractivity contribution in [3.05, 3.63) is 40.6 Å². The number of rotatable bonds is 2. The molecule has 2 heterocycles. The van der Waals surface area contributed by atoms with Gasteiger partial charge in [-0.2, -0.15) is 8.42 Å². The van der Waals surface area contributed by atoms with E-state index < -0.39 is 10.2 Å². The predicted molar refractivity (Wildman–Crippen MR) is 87.8 cm³/mol. The lowest BCUT2D eigenvalue weighted by Gasteiger charge is -2.25. The molecule has 0 unspecified atom stereocenters. The maximum absolute atomic E-state index is 12.1. The molecule has 114 valence electrons. The quantitative estimate of drug-likeness (QED) is 0.852. The molecule has 1 aliphatic heterocycles. The molecule has 1 aliphatic rings. The number of hydrogen-bond acceptors (Lipinski definition) is 5. The summed E-state index contributed by atoms with van der Waals surface area (Å²) in [7, 11) is -3.87. The number of aromatic nitrogens is 2. The monoisotopic (exact) mass is 381 g/mol. The van der Waals surface area contributed by atoms with Crippen LogP contribution in [0.5, 0.6) is 0 Å². The lowest BCUT2D eigenvalue weighted by Crippen LogP contribution is -2.38. The highest BCUT2D eigenvalue weighted by atomic mass is 79.9. The van der Waals surface area contributed by atoms with Crippen LogP contribution in [0.1, 0.15) is 12.6 Å². The Balaban J connectivity index is 2.28. The molecule has 0 fully saturated rings. The molecule has 0 saturated heterocycles. The second-order valence-corrected chi connectivity index (χ2v) is 6.79. The van der Waals surface area contributed by atoms with Crippen LogP contribution in [0.2, 0.25) is 0 Å². The number of anilines is 1. The van der Waals surface area contributed by atoms with Crippen LogP contribution in [0.3, 0.4) is 0 Å². The average Bonchev–Trinajstić information content (AvgIpc) is 2.48. The number of benzene rings is 1. The molecule has 1 aromatic heterocycles. The van der Waals surface area contributed by atoms with Crippen molar-refractivity contribution in [1.82, 2.24) is 9.97 Å². The summed E-state index contributed by atoms with van der Waals surface area (Å²) in [6, 6.07) is 9.36. The van der Waals surface area contributed by atoms with Gasteiger partial charge in [0, 0.05) is 12.1 Å². The summed E-state index contributed by atoms with van der Waals surface area (Å²) in [4.78, 5) is 8.78. The van der Waals surface area contributed by atoms with Crippen molar-refractivity contribution in [2.24, 2.45) is 10.1 Å². The number of amidine groups is 1. The van der Waals surface area contributed by atoms with E-state index in [1.54, 1.807) is 6.92 Å². The Hall–Kier alpha value is -2.00. The van der Waals surface area contributed by atoms with Crippen molar-refractivity contribution < 1.29 is 8.42 Å². The van der Waals surface area contributed by atoms with Gasteiger partial charge in [-0.25, -0.2) is 14.3 Å².